The summed E-state index contributed by atoms with van der Waals surface area (Å²) in [6, 6.07) is 14.0. The molecule has 28 heavy (non-hydrogen) atoms. The molecule has 0 radical (unpaired) electrons. The van der Waals surface area contributed by atoms with Crippen LogP contribution in [0.15, 0.2) is 63.8 Å². The Morgan fingerprint density at radius 2 is 1.82 bits per heavy atom. The van der Waals surface area contributed by atoms with E-state index < -0.39 is 5.97 Å². The Morgan fingerprint density at radius 3 is 2.54 bits per heavy atom. The van der Waals surface area contributed by atoms with Gasteiger partial charge in [-0.15, -0.1) is 0 Å². The van der Waals surface area contributed by atoms with Crippen molar-refractivity contribution in [2.45, 2.75) is 0 Å². The molecule has 0 unspecified atom stereocenters. The standard InChI is InChI=1S/C22H14O6/c1-27-14-4-7-17-20(10-14)28-19-9-13(24)3-6-16(19)21(17)15-5-2-12(11-23)8-18(15)22(25)26/h2-11H,1H3,(H,25,26). The van der Waals surface area contributed by atoms with Gasteiger partial charge in [0.25, 0.3) is 0 Å². The lowest BCUT2D eigenvalue weighted by Gasteiger charge is -2.17. The number of benzene rings is 3. The molecule has 0 saturated heterocycles. The third kappa shape index (κ3) is 2.81. The second-order valence-corrected chi connectivity index (χ2v) is 6.23. The second-order valence-electron chi connectivity index (χ2n) is 6.23. The number of carbonyl (C=O) groups excluding carboxylic acids is 1. The molecule has 1 aliphatic carbocycles. The molecule has 138 valence electrons. The number of hydrogen-bond donors (Lipinski definition) is 1. The van der Waals surface area contributed by atoms with Crippen LogP contribution in [0, 0.1) is 0 Å². The molecule has 6 heteroatoms. The number of rotatable bonds is 4. The van der Waals surface area contributed by atoms with Crippen LogP contribution in [0.1, 0.15) is 20.7 Å². The summed E-state index contributed by atoms with van der Waals surface area (Å²) >= 11 is 0. The fourth-order valence-electron chi connectivity index (χ4n) is 3.30. The first-order valence-electron chi connectivity index (χ1n) is 8.39. The van der Waals surface area contributed by atoms with E-state index in [1.807, 2.05) is 0 Å². The predicted octanol–water partition coefficient (Wildman–Crippen LogP) is 4.08. The Bertz CT molecular complexity index is 1270. The average Bonchev–Trinajstić information content (AvgIpc) is 2.71. The van der Waals surface area contributed by atoms with Crippen LogP contribution in [0.3, 0.4) is 0 Å². The molecular formula is C22H14O6. The number of carboxylic acids is 1. The normalized spacial score (nSPS) is 10.9. The van der Waals surface area contributed by atoms with Gasteiger partial charge in [0, 0.05) is 34.2 Å². The number of methoxy groups -OCH3 is 1. The van der Waals surface area contributed by atoms with Gasteiger partial charge in [-0.3, -0.25) is 9.59 Å². The lowest BCUT2D eigenvalue weighted by Crippen LogP contribution is -2.04. The van der Waals surface area contributed by atoms with Gasteiger partial charge in [-0.2, -0.15) is 0 Å². The maximum absolute atomic E-state index is 11.9. The molecule has 4 rings (SSSR count). The lowest BCUT2D eigenvalue weighted by atomic mass is 9.90. The lowest BCUT2D eigenvalue weighted by molar-refractivity contribution is 0.0697. The first-order valence-corrected chi connectivity index (χ1v) is 8.39. The van der Waals surface area contributed by atoms with E-state index in [2.05, 4.69) is 0 Å². The maximum Gasteiger partial charge on any atom is 0.336 e. The Morgan fingerprint density at radius 1 is 1.04 bits per heavy atom. The fourth-order valence-corrected chi connectivity index (χ4v) is 3.30. The van der Waals surface area contributed by atoms with E-state index in [1.165, 1.54) is 25.3 Å². The van der Waals surface area contributed by atoms with Gasteiger partial charge >= 0.3 is 5.97 Å². The zero-order valence-electron chi connectivity index (χ0n) is 14.8. The smallest absolute Gasteiger partial charge is 0.336 e. The van der Waals surface area contributed by atoms with Crippen molar-refractivity contribution in [2.75, 3.05) is 7.11 Å². The second kappa shape index (κ2) is 6.66. The highest BCUT2D eigenvalue weighted by molar-refractivity contribution is 6.08. The number of ether oxygens (including phenoxy) is 1. The van der Waals surface area contributed by atoms with Gasteiger partial charge in [-0.05, 0) is 35.9 Å². The van der Waals surface area contributed by atoms with Crippen LogP contribution in [-0.2, 0) is 0 Å². The Balaban J connectivity index is 2.17. The molecule has 1 aliphatic heterocycles. The minimum atomic E-state index is -1.16. The fraction of sp³-hybridized carbons (Fsp3) is 0.0455. The maximum atomic E-state index is 11.9. The van der Waals surface area contributed by atoms with E-state index in [4.69, 9.17) is 9.15 Å². The van der Waals surface area contributed by atoms with Crippen LogP contribution in [0.25, 0.3) is 33.4 Å². The molecule has 0 atom stereocenters. The number of hydrogen-bond acceptors (Lipinski definition) is 5. The Hall–Kier alpha value is -3.93. The van der Waals surface area contributed by atoms with Crippen LogP contribution in [0.2, 0.25) is 0 Å². The molecule has 0 aromatic heterocycles. The quantitative estimate of drug-likeness (QED) is 0.427. The van der Waals surface area contributed by atoms with Crippen molar-refractivity contribution >= 4 is 23.2 Å². The van der Waals surface area contributed by atoms with Crippen LogP contribution in [0.4, 0.5) is 0 Å². The van der Waals surface area contributed by atoms with Gasteiger partial charge < -0.3 is 14.3 Å². The Kier molecular flexibility index (Phi) is 4.16. The van der Waals surface area contributed by atoms with E-state index in [0.717, 1.165) is 0 Å². The third-order valence-corrected chi connectivity index (χ3v) is 4.58. The van der Waals surface area contributed by atoms with Crippen molar-refractivity contribution < 1.29 is 23.8 Å². The van der Waals surface area contributed by atoms with E-state index in [1.54, 1.807) is 36.4 Å². The average molecular weight is 374 g/mol. The molecule has 2 aromatic carbocycles. The summed E-state index contributed by atoms with van der Waals surface area (Å²) in [5, 5.41) is 10.4. The summed E-state index contributed by atoms with van der Waals surface area (Å²) in [4.78, 5) is 34.8. The SMILES string of the molecule is COc1ccc2c(-c3ccc(C=O)cc3C(=O)O)c3ccc(=O)cc-3oc2c1. The zero-order chi connectivity index (χ0) is 19.8. The molecule has 0 amide bonds. The molecule has 6 nitrogen and oxygen atoms in total. The molecule has 2 aliphatic rings. The highest BCUT2D eigenvalue weighted by Crippen LogP contribution is 2.42. The summed E-state index contributed by atoms with van der Waals surface area (Å²) in [5.74, 6) is -0.261. The molecule has 1 heterocycles. The van der Waals surface area contributed by atoms with E-state index >= 15 is 0 Å². The predicted molar refractivity (Wildman–Crippen MR) is 103 cm³/mol. The van der Waals surface area contributed by atoms with E-state index in [0.29, 0.717) is 45.5 Å². The first kappa shape index (κ1) is 17.5. The zero-order valence-corrected chi connectivity index (χ0v) is 14.8. The van der Waals surface area contributed by atoms with Crippen LogP contribution >= 0.6 is 0 Å². The highest BCUT2D eigenvalue weighted by atomic mass is 16.5. The highest BCUT2D eigenvalue weighted by Gasteiger charge is 2.22. The molecule has 0 bridgehead atoms. The van der Waals surface area contributed by atoms with Crippen molar-refractivity contribution in [3.8, 4) is 28.2 Å². The largest absolute Gasteiger partial charge is 0.497 e. The van der Waals surface area contributed by atoms with Crippen molar-refractivity contribution in [1.82, 2.24) is 0 Å². The number of carboxylic acid groups (broad SMARTS) is 1. The van der Waals surface area contributed by atoms with Gasteiger partial charge in [0.1, 0.15) is 23.4 Å². The van der Waals surface area contributed by atoms with Crippen LogP contribution < -0.4 is 10.2 Å². The summed E-state index contributed by atoms with van der Waals surface area (Å²) in [5.41, 5.74) is 2.10. The number of aldehydes is 1. The monoisotopic (exact) mass is 374 g/mol. The van der Waals surface area contributed by atoms with E-state index in [9.17, 15) is 19.5 Å². The number of carbonyl (C=O) groups is 2. The van der Waals surface area contributed by atoms with Gasteiger partial charge in [0.15, 0.2) is 5.43 Å². The van der Waals surface area contributed by atoms with Gasteiger partial charge in [-0.1, -0.05) is 12.1 Å². The van der Waals surface area contributed by atoms with E-state index in [-0.39, 0.29) is 16.6 Å². The minimum absolute atomic E-state index is 0.0135. The Labute approximate surface area is 158 Å². The van der Waals surface area contributed by atoms with Gasteiger partial charge in [0.05, 0.1) is 12.7 Å². The number of fused-ring (bicyclic) bond motifs is 2. The molecule has 1 N–H and O–H groups in total. The summed E-state index contributed by atoms with van der Waals surface area (Å²) in [6.45, 7) is 0. The topological polar surface area (TPSA) is 93.8 Å². The molecule has 0 saturated carbocycles. The van der Waals surface area contributed by atoms with Crippen molar-refractivity contribution in [3.63, 3.8) is 0 Å². The molecule has 0 fully saturated rings. The van der Waals surface area contributed by atoms with Gasteiger partial charge in [0.2, 0.25) is 0 Å². The third-order valence-electron chi connectivity index (χ3n) is 4.58. The van der Waals surface area contributed by atoms with Crippen molar-refractivity contribution in [2.24, 2.45) is 0 Å². The molecular weight excluding hydrogens is 360 g/mol. The summed E-state index contributed by atoms with van der Waals surface area (Å²) in [7, 11) is 1.53. The van der Waals surface area contributed by atoms with Gasteiger partial charge in [-0.25, -0.2) is 4.79 Å². The minimum Gasteiger partial charge on any atom is -0.497 e. The van der Waals surface area contributed by atoms with Crippen molar-refractivity contribution in [3.05, 3.63) is 75.9 Å². The van der Waals surface area contributed by atoms with Crippen LogP contribution in [0.5, 0.6) is 5.75 Å². The van der Waals surface area contributed by atoms with Crippen LogP contribution in [-0.4, -0.2) is 24.5 Å². The first-order chi connectivity index (χ1) is 13.5. The summed E-state index contributed by atoms with van der Waals surface area (Å²) < 4.78 is 11.1. The number of aromatic carboxylic acids is 1. The van der Waals surface area contributed by atoms with Crippen molar-refractivity contribution in [1.29, 1.82) is 0 Å². The molecule has 2 aromatic rings. The summed E-state index contributed by atoms with van der Waals surface area (Å²) in [6.07, 6.45) is 0.599. The molecule has 0 spiro atoms.